The van der Waals surface area contributed by atoms with Crippen molar-refractivity contribution in [2.75, 3.05) is 44.2 Å². The van der Waals surface area contributed by atoms with Gasteiger partial charge >= 0.3 is 0 Å². The number of aryl methyl sites for hydroxylation is 1. The van der Waals surface area contributed by atoms with Gasteiger partial charge in [-0.1, -0.05) is 36.8 Å². The van der Waals surface area contributed by atoms with Crippen LogP contribution in [0.25, 0.3) is 0 Å². The molecule has 0 unspecified atom stereocenters. The molecule has 1 amide bonds. The van der Waals surface area contributed by atoms with Crippen LogP contribution in [0.2, 0.25) is 0 Å². The first kappa shape index (κ1) is 18.3. The van der Waals surface area contributed by atoms with Crippen LogP contribution in [0, 0.1) is 6.92 Å². The molecule has 1 aliphatic heterocycles. The van der Waals surface area contributed by atoms with Crippen molar-refractivity contribution in [3.63, 3.8) is 0 Å². The van der Waals surface area contributed by atoms with Gasteiger partial charge in [-0.3, -0.25) is 9.69 Å². The molecular formula is C20H27N5O. The number of amides is 1. The summed E-state index contributed by atoms with van der Waals surface area (Å²) in [5, 5.41) is 0. The number of carbonyl (C=O) groups excluding carboxylic acids is 1. The van der Waals surface area contributed by atoms with Crippen LogP contribution in [0.4, 0.5) is 5.95 Å². The van der Waals surface area contributed by atoms with Crippen LogP contribution in [-0.4, -0.2) is 64.9 Å². The van der Waals surface area contributed by atoms with Crippen molar-refractivity contribution in [3.8, 4) is 0 Å². The molecule has 1 fully saturated rings. The van der Waals surface area contributed by atoms with Gasteiger partial charge in [-0.2, -0.15) is 0 Å². The summed E-state index contributed by atoms with van der Waals surface area (Å²) < 4.78 is 0. The highest BCUT2D eigenvalue weighted by atomic mass is 16.2. The maximum absolute atomic E-state index is 12.7. The molecule has 26 heavy (non-hydrogen) atoms. The van der Waals surface area contributed by atoms with E-state index < -0.39 is 0 Å². The number of piperazine rings is 1. The SMILES string of the molecule is CCN(CC(=O)N1CCN(c2ncccn2)CC1)Cc1cccc(C)c1. The van der Waals surface area contributed by atoms with Crippen molar-refractivity contribution in [2.24, 2.45) is 0 Å². The summed E-state index contributed by atoms with van der Waals surface area (Å²) in [5.74, 6) is 0.947. The number of carbonyl (C=O) groups is 1. The molecule has 0 aliphatic carbocycles. The van der Waals surface area contributed by atoms with E-state index in [1.165, 1.54) is 11.1 Å². The number of benzene rings is 1. The second-order valence-electron chi connectivity index (χ2n) is 6.71. The first-order valence-corrected chi connectivity index (χ1v) is 9.23. The fraction of sp³-hybridized carbons (Fsp3) is 0.450. The van der Waals surface area contributed by atoms with Gasteiger partial charge in [-0.05, 0) is 25.1 Å². The summed E-state index contributed by atoms with van der Waals surface area (Å²) in [6.07, 6.45) is 3.51. The largest absolute Gasteiger partial charge is 0.338 e. The van der Waals surface area contributed by atoms with Crippen LogP contribution in [0.1, 0.15) is 18.1 Å². The van der Waals surface area contributed by atoms with Crippen molar-refractivity contribution in [1.82, 2.24) is 19.8 Å². The number of nitrogens with zero attached hydrogens (tertiary/aromatic N) is 5. The molecule has 0 radical (unpaired) electrons. The summed E-state index contributed by atoms with van der Waals surface area (Å²) in [4.78, 5) is 27.6. The maximum atomic E-state index is 12.7. The van der Waals surface area contributed by atoms with Crippen LogP contribution in [0.15, 0.2) is 42.7 Å². The molecule has 6 heteroatoms. The third-order valence-electron chi connectivity index (χ3n) is 4.76. The molecule has 0 N–H and O–H groups in total. The van der Waals surface area contributed by atoms with Crippen molar-refractivity contribution in [3.05, 3.63) is 53.9 Å². The molecule has 0 saturated carbocycles. The van der Waals surface area contributed by atoms with Crippen LogP contribution in [0.3, 0.4) is 0 Å². The fourth-order valence-electron chi connectivity index (χ4n) is 3.25. The van der Waals surface area contributed by atoms with Gasteiger partial charge < -0.3 is 9.80 Å². The van der Waals surface area contributed by atoms with Crippen molar-refractivity contribution in [2.45, 2.75) is 20.4 Å². The van der Waals surface area contributed by atoms with E-state index in [4.69, 9.17) is 0 Å². The Bertz CT molecular complexity index is 713. The molecular weight excluding hydrogens is 326 g/mol. The Kier molecular flexibility index (Phi) is 6.17. The normalized spacial score (nSPS) is 14.7. The molecule has 138 valence electrons. The first-order chi connectivity index (χ1) is 12.7. The summed E-state index contributed by atoms with van der Waals surface area (Å²) in [7, 11) is 0. The lowest BCUT2D eigenvalue weighted by Gasteiger charge is -2.35. The number of anilines is 1. The lowest BCUT2D eigenvalue weighted by Crippen LogP contribution is -2.51. The fourth-order valence-corrected chi connectivity index (χ4v) is 3.25. The standard InChI is InChI=1S/C20H27N5O/c1-3-23(15-18-7-4-6-17(2)14-18)16-19(26)24-10-12-25(13-11-24)20-21-8-5-9-22-20/h4-9,14H,3,10-13,15-16H2,1-2H3. The summed E-state index contributed by atoms with van der Waals surface area (Å²) in [6.45, 7) is 9.33. The van der Waals surface area contributed by atoms with E-state index in [0.717, 1.165) is 45.2 Å². The zero-order chi connectivity index (χ0) is 18.4. The van der Waals surface area contributed by atoms with E-state index in [9.17, 15) is 4.79 Å². The summed E-state index contributed by atoms with van der Waals surface area (Å²) in [5.41, 5.74) is 2.51. The van der Waals surface area contributed by atoms with Crippen LogP contribution >= 0.6 is 0 Å². The number of rotatable bonds is 6. The average Bonchev–Trinajstić information content (AvgIpc) is 2.68. The van der Waals surface area contributed by atoms with Gasteiger partial charge in [0.15, 0.2) is 0 Å². The number of hydrogen-bond acceptors (Lipinski definition) is 5. The van der Waals surface area contributed by atoms with Gasteiger partial charge in [-0.25, -0.2) is 9.97 Å². The quantitative estimate of drug-likeness (QED) is 0.795. The molecule has 3 rings (SSSR count). The number of likely N-dealkylation sites (N-methyl/N-ethyl adjacent to an activating group) is 1. The molecule has 0 bridgehead atoms. The molecule has 6 nitrogen and oxygen atoms in total. The minimum atomic E-state index is 0.202. The Hall–Kier alpha value is -2.47. The van der Waals surface area contributed by atoms with Gasteiger partial charge in [0.1, 0.15) is 0 Å². The third kappa shape index (κ3) is 4.79. The minimum Gasteiger partial charge on any atom is -0.338 e. The molecule has 0 spiro atoms. The second kappa shape index (κ2) is 8.76. The van der Waals surface area contributed by atoms with E-state index in [1.807, 2.05) is 11.0 Å². The van der Waals surface area contributed by atoms with Crippen LogP contribution in [0.5, 0.6) is 0 Å². The molecule has 1 aliphatic rings. The van der Waals surface area contributed by atoms with E-state index in [2.05, 4.69) is 57.9 Å². The molecule has 2 heterocycles. The van der Waals surface area contributed by atoms with Gasteiger partial charge in [0.25, 0.3) is 0 Å². The van der Waals surface area contributed by atoms with Gasteiger partial charge in [0, 0.05) is 45.1 Å². The molecule has 1 aromatic carbocycles. The minimum absolute atomic E-state index is 0.202. The summed E-state index contributed by atoms with van der Waals surface area (Å²) in [6, 6.07) is 10.3. The Morgan fingerprint density at radius 3 is 2.50 bits per heavy atom. The number of hydrogen-bond donors (Lipinski definition) is 0. The smallest absolute Gasteiger partial charge is 0.236 e. The molecule has 1 saturated heterocycles. The van der Waals surface area contributed by atoms with Crippen molar-refractivity contribution < 1.29 is 4.79 Å². The maximum Gasteiger partial charge on any atom is 0.236 e. The molecule has 2 aromatic rings. The van der Waals surface area contributed by atoms with E-state index in [0.29, 0.717) is 6.54 Å². The van der Waals surface area contributed by atoms with Gasteiger partial charge in [0.05, 0.1) is 6.54 Å². The van der Waals surface area contributed by atoms with Crippen molar-refractivity contribution in [1.29, 1.82) is 0 Å². The zero-order valence-corrected chi connectivity index (χ0v) is 15.6. The monoisotopic (exact) mass is 353 g/mol. The van der Waals surface area contributed by atoms with E-state index in [-0.39, 0.29) is 5.91 Å². The van der Waals surface area contributed by atoms with Gasteiger partial charge in [0.2, 0.25) is 11.9 Å². The van der Waals surface area contributed by atoms with E-state index >= 15 is 0 Å². The van der Waals surface area contributed by atoms with E-state index in [1.54, 1.807) is 12.4 Å². The molecule has 1 aromatic heterocycles. The summed E-state index contributed by atoms with van der Waals surface area (Å²) >= 11 is 0. The lowest BCUT2D eigenvalue weighted by molar-refractivity contribution is -0.132. The first-order valence-electron chi connectivity index (χ1n) is 9.23. The third-order valence-corrected chi connectivity index (χ3v) is 4.76. The topological polar surface area (TPSA) is 52.6 Å². The average molecular weight is 353 g/mol. The predicted molar refractivity (Wildman–Crippen MR) is 103 cm³/mol. The Balaban J connectivity index is 1.51. The highest BCUT2D eigenvalue weighted by Crippen LogP contribution is 2.11. The Morgan fingerprint density at radius 1 is 1.12 bits per heavy atom. The van der Waals surface area contributed by atoms with Crippen LogP contribution in [-0.2, 0) is 11.3 Å². The van der Waals surface area contributed by atoms with Gasteiger partial charge in [-0.15, -0.1) is 0 Å². The zero-order valence-electron chi connectivity index (χ0n) is 15.6. The molecule has 0 atom stereocenters. The second-order valence-corrected chi connectivity index (χ2v) is 6.71. The Morgan fingerprint density at radius 2 is 1.85 bits per heavy atom. The highest BCUT2D eigenvalue weighted by Gasteiger charge is 2.23. The van der Waals surface area contributed by atoms with Crippen LogP contribution < -0.4 is 4.90 Å². The van der Waals surface area contributed by atoms with Crippen molar-refractivity contribution >= 4 is 11.9 Å². The number of aromatic nitrogens is 2. The predicted octanol–water partition coefficient (Wildman–Crippen LogP) is 1.96. The Labute approximate surface area is 155 Å². The lowest BCUT2D eigenvalue weighted by atomic mass is 10.1. The highest BCUT2D eigenvalue weighted by molar-refractivity contribution is 5.78.